The maximum atomic E-state index is 11.5. The zero-order valence-electron chi connectivity index (χ0n) is 10.3. The molecule has 0 aliphatic carbocycles. The van der Waals surface area contributed by atoms with Crippen molar-refractivity contribution >= 4 is 5.97 Å². The first-order valence-corrected chi connectivity index (χ1v) is 5.52. The van der Waals surface area contributed by atoms with Gasteiger partial charge in [0.25, 0.3) is 0 Å². The molecule has 0 atom stereocenters. The van der Waals surface area contributed by atoms with E-state index in [4.69, 9.17) is 13.9 Å². The molecule has 1 aromatic carbocycles. The smallest absolute Gasteiger partial charge is 0.341 e. The average Bonchev–Trinajstić information content (AvgIpc) is 2.86. The third-order valence-corrected chi connectivity index (χ3v) is 2.65. The first kappa shape index (κ1) is 12.2. The molecule has 0 amide bonds. The molecular formula is C14H14O4. The standard InChI is InChI=1S/C14H14O4/c1-16-11-5-3-4-10(8-11)9-13-12(6-7-18-13)14(15)17-2/h3-8H,9H2,1-2H3. The molecule has 0 radical (unpaired) electrons. The van der Waals surface area contributed by atoms with Crippen LogP contribution in [0.15, 0.2) is 41.0 Å². The molecule has 0 saturated heterocycles. The van der Waals surface area contributed by atoms with Gasteiger partial charge in [0.05, 0.1) is 20.5 Å². The van der Waals surface area contributed by atoms with E-state index in [1.54, 1.807) is 13.2 Å². The van der Waals surface area contributed by atoms with Crippen molar-refractivity contribution < 1.29 is 18.7 Å². The Labute approximate surface area is 105 Å². The van der Waals surface area contributed by atoms with Crippen LogP contribution in [0.1, 0.15) is 21.7 Å². The van der Waals surface area contributed by atoms with Crippen molar-refractivity contribution in [2.24, 2.45) is 0 Å². The Kier molecular flexibility index (Phi) is 3.67. The first-order valence-electron chi connectivity index (χ1n) is 5.52. The minimum absolute atomic E-state index is 0.387. The number of methoxy groups -OCH3 is 2. The quantitative estimate of drug-likeness (QED) is 0.778. The van der Waals surface area contributed by atoms with Gasteiger partial charge < -0.3 is 13.9 Å². The van der Waals surface area contributed by atoms with Gasteiger partial charge in [0.1, 0.15) is 17.1 Å². The average molecular weight is 246 g/mol. The molecule has 0 aliphatic heterocycles. The lowest BCUT2D eigenvalue weighted by molar-refractivity contribution is 0.0598. The third kappa shape index (κ3) is 2.53. The summed E-state index contributed by atoms with van der Waals surface area (Å²) >= 11 is 0. The third-order valence-electron chi connectivity index (χ3n) is 2.65. The Bertz CT molecular complexity index is 542. The number of carbonyl (C=O) groups excluding carboxylic acids is 1. The Morgan fingerprint density at radius 1 is 1.28 bits per heavy atom. The number of rotatable bonds is 4. The summed E-state index contributed by atoms with van der Waals surface area (Å²) in [5, 5.41) is 0. The second kappa shape index (κ2) is 5.40. The summed E-state index contributed by atoms with van der Waals surface area (Å²) in [5.74, 6) is 0.982. The molecule has 0 saturated carbocycles. The first-order chi connectivity index (χ1) is 8.74. The van der Waals surface area contributed by atoms with Crippen LogP contribution in [-0.4, -0.2) is 20.2 Å². The highest BCUT2D eigenvalue weighted by Gasteiger charge is 2.15. The SMILES string of the molecule is COC(=O)c1ccoc1Cc1cccc(OC)c1. The van der Waals surface area contributed by atoms with E-state index >= 15 is 0 Å². The number of hydrogen-bond acceptors (Lipinski definition) is 4. The number of benzene rings is 1. The van der Waals surface area contributed by atoms with Crippen molar-refractivity contribution in [3.63, 3.8) is 0 Å². The van der Waals surface area contributed by atoms with Crippen molar-refractivity contribution in [1.82, 2.24) is 0 Å². The molecule has 0 fully saturated rings. The molecule has 0 unspecified atom stereocenters. The highest BCUT2D eigenvalue weighted by Crippen LogP contribution is 2.19. The lowest BCUT2D eigenvalue weighted by Crippen LogP contribution is -2.03. The summed E-state index contributed by atoms with van der Waals surface area (Å²) in [6.45, 7) is 0. The molecule has 0 N–H and O–H groups in total. The van der Waals surface area contributed by atoms with Crippen LogP contribution in [0, 0.1) is 0 Å². The Balaban J connectivity index is 2.23. The van der Waals surface area contributed by atoms with Crippen molar-refractivity contribution in [1.29, 1.82) is 0 Å². The van der Waals surface area contributed by atoms with E-state index in [9.17, 15) is 4.79 Å². The van der Waals surface area contributed by atoms with E-state index in [1.807, 2.05) is 24.3 Å². The van der Waals surface area contributed by atoms with E-state index in [0.29, 0.717) is 17.7 Å². The molecule has 18 heavy (non-hydrogen) atoms. The zero-order chi connectivity index (χ0) is 13.0. The van der Waals surface area contributed by atoms with Crippen LogP contribution in [0.4, 0.5) is 0 Å². The van der Waals surface area contributed by atoms with Gasteiger partial charge in [-0.2, -0.15) is 0 Å². The minimum Gasteiger partial charge on any atom is -0.497 e. The predicted octanol–water partition coefficient (Wildman–Crippen LogP) is 2.67. The number of furan rings is 1. The van der Waals surface area contributed by atoms with E-state index in [2.05, 4.69) is 0 Å². The topological polar surface area (TPSA) is 48.7 Å². The summed E-state index contributed by atoms with van der Waals surface area (Å²) < 4.78 is 15.2. The molecular weight excluding hydrogens is 232 g/mol. The van der Waals surface area contributed by atoms with E-state index in [-0.39, 0.29) is 5.97 Å². The van der Waals surface area contributed by atoms with Gasteiger partial charge >= 0.3 is 5.97 Å². The highest BCUT2D eigenvalue weighted by molar-refractivity contribution is 5.90. The molecule has 1 aromatic heterocycles. The molecule has 2 aromatic rings. The van der Waals surface area contributed by atoms with Gasteiger partial charge in [0.2, 0.25) is 0 Å². The Morgan fingerprint density at radius 3 is 2.83 bits per heavy atom. The summed E-state index contributed by atoms with van der Waals surface area (Å²) in [7, 11) is 2.97. The summed E-state index contributed by atoms with van der Waals surface area (Å²) in [6.07, 6.45) is 2.01. The van der Waals surface area contributed by atoms with Gasteiger partial charge in [-0.05, 0) is 23.8 Å². The maximum absolute atomic E-state index is 11.5. The normalized spacial score (nSPS) is 10.1. The molecule has 94 valence electrons. The van der Waals surface area contributed by atoms with Gasteiger partial charge in [-0.15, -0.1) is 0 Å². The number of ether oxygens (including phenoxy) is 2. The second-order valence-electron chi connectivity index (χ2n) is 3.78. The van der Waals surface area contributed by atoms with Crippen LogP contribution in [0.3, 0.4) is 0 Å². The molecule has 4 heteroatoms. The fraction of sp³-hybridized carbons (Fsp3) is 0.214. The number of esters is 1. The Morgan fingerprint density at radius 2 is 2.11 bits per heavy atom. The monoisotopic (exact) mass is 246 g/mol. The molecule has 2 rings (SSSR count). The van der Waals surface area contributed by atoms with E-state index in [1.165, 1.54) is 13.4 Å². The van der Waals surface area contributed by atoms with E-state index in [0.717, 1.165) is 11.3 Å². The van der Waals surface area contributed by atoms with Crippen LogP contribution < -0.4 is 4.74 Å². The largest absolute Gasteiger partial charge is 0.497 e. The van der Waals surface area contributed by atoms with Gasteiger partial charge in [-0.1, -0.05) is 12.1 Å². The summed E-state index contributed by atoms with van der Waals surface area (Å²) in [4.78, 5) is 11.5. The molecule has 4 nitrogen and oxygen atoms in total. The van der Waals surface area contributed by atoms with Crippen molar-refractivity contribution in [3.8, 4) is 5.75 Å². The van der Waals surface area contributed by atoms with Gasteiger partial charge in [0, 0.05) is 6.42 Å². The lowest BCUT2D eigenvalue weighted by atomic mass is 10.1. The van der Waals surface area contributed by atoms with Crippen LogP contribution in [0.25, 0.3) is 0 Å². The van der Waals surface area contributed by atoms with Crippen LogP contribution in [-0.2, 0) is 11.2 Å². The number of carbonyl (C=O) groups is 1. The molecule has 0 aliphatic rings. The van der Waals surface area contributed by atoms with Crippen molar-refractivity contribution in [3.05, 3.63) is 53.5 Å². The predicted molar refractivity (Wildman–Crippen MR) is 65.8 cm³/mol. The summed E-state index contributed by atoms with van der Waals surface area (Å²) in [5.41, 5.74) is 1.47. The van der Waals surface area contributed by atoms with Gasteiger partial charge in [-0.25, -0.2) is 4.79 Å². The van der Waals surface area contributed by atoms with Crippen molar-refractivity contribution in [2.75, 3.05) is 14.2 Å². The zero-order valence-corrected chi connectivity index (χ0v) is 10.3. The lowest BCUT2D eigenvalue weighted by Gasteiger charge is -2.04. The highest BCUT2D eigenvalue weighted by atomic mass is 16.5. The molecule has 0 spiro atoms. The fourth-order valence-corrected chi connectivity index (χ4v) is 1.74. The van der Waals surface area contributed by atoms with Crippen LogP contribution >= 0.6 is 0 Å². The van der Waals surface area contributed by atoms with Crippen LogP contribution in [0.5, 0.6) is 5.75 Å². The van der Waals surface area contributed by atoms with Crippen molar-refractivity contribution in [2.45, 2.75) is 6.42 Å². The minimum atomic E-state index is -0.387. The summed E-state index contributed by atoms with van der Waals surface area (Å²) in [6, 6.07) is 9.23. The number of hydrogen-bond donors (Lipinski definition) is 0. The second-order valence-corrected chi connectivity index (χ2v) is 3.78. The fourth-order valence-electron chi connectivity index (χ4n) is 1.74. The molecule has 1 heterocycles. The maximum Gasteiger partial charge on any atom is 0.341 e. The Hall–Kier alpha value is -2.23. The van der Waals surface area contributed by atoms with Gasteiger partial charge in [0.15, 0.2) is 0 Å². The van der Waals surface area contributed by atoms with E-state index < -0.39 is 0 Å². The molecule has 0 bridgehead atoms. The van der Waals surface area contributed by atoms with Crippen LogP contribution in [0.2, 0.25) is 0 Å². The van der Waals surface area contributed by atoms with Gasteiger partial charge in [-0.3, -0.25) is 0 Å².